The molecule has 1 amide bonds. The summed E-state index contributed by atoms with van der Waals surface area (Å²) in [5.41, 5.74) is -0.00993. The number of benzene rings is 1. The summed E-state index contributed by atoms with van der Waals surface area (Å²) in [6, 6.07) is 12.9. The second kappa shape index (κ2) is 9.89. The average molecular weight is 347 g/mol. The molecule has 0 aliphatic carbocycles. The zero-order valence-corrected chi connectivity index (χ0v) is 14.4. The summed E-state index contributed by atoms with van der Waals surface area (Å²) in [6.45, 7) is 1.26. The zero-order valence-electron chi connectivity index (χ0n) is 13.6. The molecule has 0 bridgehead atoms. The van der Waals surface area contributed by atoms with Gasteiger partial charge in [-0.1, -0.05) is 18.2 Å². The van der Waals surface area contributed by atoms with Crippen LogP contribution < -0.4 is 10.9 Å². The monoisotopic (exact) mass is 347 g/mol. The lowest BCUT2D eigenvalue weighted by atomic mass is 10.3. The number of aromatic nitrogens is 2. The van der Waals surface area contributed by atoms with Gasteiger partial charge in [0.05, 0.1) is 13.2 Å². The molecule has 24 heavy (non-hydrogen) atoms. The van der Waals surface area contributed by atoms with Gasteiger partial charge in [0.15, 0.2) is 0 Å². The molecular weight excluding hydrogens is 326 g/mol. The lowest BCUT2D eigenvalue weighted by molar-refractivity contribution is 0.0945. The number of hydrogen-bond acceptors (Lipinski definition) is 5. The Morgan fingerprint density at radius 3 is 2.79 bits per heavy atom. The van der Waals surface area contributed by atoms with Crippen molar-refractivity contribution in [2.24, 2.45) is 0 Å². The van der Waals surface area contributed by atoms with Crippen LogP contribution in [0.25, 0.3) is 0 Å². The molecule has 6 nitrogen and oxygen atoms in total. The Hall–Kier alpha value is -2.12. The van der Waals surface area contributed by atoms with Crippen LogP contribution in [0.4, 0.5) is 0 Å². The summed E-state index contributed by atoms with van der Waals surface area (Å²) in [6.07, 6.45) is 0.856. The first-order chi connectivity index (χ1) is 11.7. The Bertz CT molecular complexity index is 704. The number of methoxy groups -OCH3 is 1. The van der Waals surface area contributed by atoms with E-state index in [1.54, 1.807) is 18.9 Å². The molecule has 0 aliphatic heterocycles. The minimum atomic E-state index is -0.272. The van der Waals surface area contributed by atoms with E-state index in [0.29, 0.717) is 19.7 Å². The fraction of sp³-hybridized carbons (Fsp3) is 0.353. The quantitative estimate of drug-likeness (QED) is 0.553. The van der Waals surface area contributed by atoms with Gasteiger partial charge in [0.2, 0.25) is 0 Å². The Morgan fingerprint density at radius 1 is 1.25 bits per heavy atom. The number of rotatable bonds is 9. The third-order valence-corrected chi connectivity index (χ3v) is 4.32. The fourth-order valence-corrected chi connectivity index (χ4v) is 2.85. The number of ether oxygens (including phenoxy) is 1. The summed E-state index contributed by atoms with van der Waals surface area (Å²) >= 11 is 1.76. The van der Waals surface area contributed by atoms with Crippen molar-refractivity contribution in [3.8, 4) is 0 Å². The first kappa shape index (κ1) is 18.2. The van der Waals surface area contributed by atoms with Crippen molar-refractivity contribution in [3.05, 3.63) is 58.5 Å². The van der Waals surface area contributed by atoms with E-state index in [9.17, 15) is 9.59 Å². The van der Waals surface area contributed by atoms with Crippen LogP contribution in [0, 0.1) is 0 Å². The number of amides is 1. The van der Waals surface area contributed by atoms with Gasteiger partial charge >= 0.3 is 0 Å². The van der Waals surface area contributed by atoms with Crippen molar-refractivity contribution in [1.29, 1.82) is 0 Å². The van der Waals surface area contributed by atoms with Gasteiger partial charge in [-0.2, -0.15) is 5.10 Å². The first-order valence-corrected chi connectivity index (χ1v) is 8.72. The van der Waals surface area contributed by atoms with Crippen LogP contribution in [-0.2, 0) is 11.3 Å². The van der Waals surface area contributed by atoms with Gasteiger partial charge in [-0.25, -0.2) is 4.68 Å². The van der Waals surface area contributed by atoms with Crippen molar-refractivity contribution in [2.75, 3.05) is 26.0 Å². The third kappa shape index (κ3) is 5.82. The molecule has 1 N–H and O–H groups in total. The van der Waals surface area contributed by atoms with Gasteiger partial charge in [-0.15, -0.1) is 11.8 Å². The minimum Gasteiger partial charge on any atom is -0.383 e. The molecule has 2 aromatic rings. The number of thioether (sulfide) groups is 1. The van der Waals surface area contributed by atoms with Crippen molar-refractivity contribution in [3.63, 3.8) is 0 Å². The lowest BCUT2D eigenvalue weighted by Crippen LogP contribution is -2.31. The van der Waals surface area contributed by atoms with Crippen molar-refractivity contribution in [2.45, 2.75) is 17.9 Å². The third-order valence-electron chi connectivity index (χ3n) is 3.23. The van der Waals surface area contributed by atoms with E-state index >= 15 is 0 Å². The Balaban J connectivity index is 1.77. The molecule has 2 rings (SSSR count). The number of hydrogen-bond donors (Lipinski definition) is 1. The fourth-order valence-electron chi connectivity index (χ4n) is 1.98. The van der Waals surface area contributed by atoms with Crippen molar-refractivity contribution >= 4 is 17.7 Å². The van der Waals surface area contributed by atoms with Gasteiger partial charge in [0, 0.05) is 24.6 Å². The highest BCUT2D eigenvalue weighted by Crippen LogP contribution is 2.17. The van der Waals surface area contributed by atoms with Gasteiger partial charge in [0.1, 0.15) is 5.69 Å². The topological polar surface area (TPSA) is 73.2 Å². The van der Waals surface area contributed by atoms with E-state index in [0.717, 1.165) is 12.2 Å². The Kier molecular flexibility index (Phi) is 7.51. The highest BCUT2D eigenvalue weighted by Gasteiger charge is 2.09. The zero-order chi connectivity index (χ0) is 17.2. The maximum absolute atomic E-state index is 12.1. The minimum absolute atomic E-state index is 0.237. The molecular formula is C17H21N3O3S. The highest BCUT2D eigenvalue weighted by atomic mass is 32.2. The van der Waals surface area contributed by atoms with Gasteiger partial charge < -0.3 is 10.1 Å². The van der Waals surface area contributed by atoms with Gasteiger partial charge in [-0.3, -0.25) is 9.59 Å². The van der Waals surface area contributed by atoms with Crippen LogP contribution in [0.1, 0.15) is 16.9 Å². The summed E-state index contributed by atoms with van der Waals surface area (Å²) in [4.78, 5) is 25.0. The van der Waals surface area contributed by atoms with Crippen LogP contribution in [-0.4, -0.2) is 41.7 Å². The second-order valence-electron chi connectivity index (χ2n) is 5.04. The highest BCUT2D eigenvalue weighted by molar-refractivity contribution is 7.99. The van der Waals surface area contributed by atoms with E-state index in [-0.39, 0.29) is 17.2 Å². The van der Waals surface area contributed by atoms with E-state index < -0.39 is 0 Å². The standard InChI is InChI=1S/C17H21N3O3S/c1-23-12-11-20-16(21)9-8-15(19-20)17(22)18-10-5-13-24-14-6-3-2-4-7-14/h2-4,6-9H,5,10-13H2,1H3,(H,18,22). The van der Waals surface area contributed by atoms with E-state index in [2.05, 4.69) is 22.5 Å². The maximum Gasteiger partial charge on any atom is 0.271 e. The molecule has 1 aromatic heterocycles. The van der Waals surface area contributed by atoms with Crippen LogP contribution in [0.15, 0.2) is 52.2 Å². The van der Waals surface area contributed by atoms with Crippen LogP contribution in [0.5, 0.6) is 0 Å². The molecule has 0 unspecified atom stereocenters. The molecule has 0 atom stereocenters. The largest absolute Gasteiger partial charge is 0.383 e. The normalized spacial score (nSPS) is 10.5. The smallest absolute Gasteiger partial charge is 0.271 e. The van der Waals surface area contributed by atoms with E-state index in [1.165, 1.54) is 21.7 Å². The number of carbonyl (C=O) groups is 1. The molecule has 1 aromatic carbocycles. The predicted octanol–water partition coefficient (Wildman–Crippen LogP) is 1.80. The summed E-state index contributed by atoms with van der Waals surface area (Å²) < 4.78 is 6.17. The Morgan fingerprint density at radius 2 is 2.04 bits per heavy atom. The van der Waals surface area contributed by atoms with Crippen LogP contribution >= 0.6 is 11.8 Å². The van der Waals surface area contributed by atoms with Gasteiger partial charge in [0.25, 0.3) is 11.5 Å². The summed E-state index contributed by atoms with van der Waals surface area (Å²) in [7, 11) is 1.55. The lowest BCUT2D eigenvalue weighted by Gasteiger charge is -2.07. The predicted molar refractivity (Wildman–Crippen MR) is 94.5 cm³/mol. The molecule has 7 heteroatoms. The average Bonchev–Trinajstić information content (AvgIpc) is 2.61. The summed E-state index contributed by atoms with van der Waals surface area (Å²) in [5.74, 6) is 0.649. The van der Waals surface area contributed by atoms with Gasteiger partial charge in [-0.05, 0) is 30.4 Å². The first-order valence-electron chi connectivity index (χ1n) is 7.74. The number of carbonyl (C=O) groups excluding carboxylic acids is 1. The van der Waals surface area contributed by atoms with E-state index in [1.807, 2.05) is 18.2 Å². The Labute approximate surface area is 145 Å². The number of nitrogens with zero attached hydrogens (tertiary/aromatic N) is 2. The molecule has 1 heterocycles. The van der Waals surface area contributed by atoms with Crippen molar-refractivity contribution in [1.82, 2.24) is 15.1 Å². The molecule has 0 spiro atoms. The second-order valence-corrected chi connectivity index (χ2v) is 6.21. The molecule has 0 saturated heterocycles. The molecule has 128 valence electrons. The maximum atomic E-state index is 12.1. The molecule has 0 fully saturated rings. The summed E-state index contributed by atoms with van der Waals surface area (Å²) in [5, 5.41) is 6.89. The molecule has 0 radical (unpaired) electrons. The van der Waals surface area contributed by atoms with Crippen molar-refractivity contribution < 1.29 is 9.53 Å². The molecule has 0 saturated carbocycles. The number of nitrogens with one attached hydrogen (secondary N) is 1. The van der Waals surface area contributed by atoms with Crippen LogP contribution in [0.2, 0.25) is 0 Å². The SMILES string of the molecule is COCCn1nc(C(=O)NCCCSc2ccccc2)ccc1=O. The molecule has 0 aliphatic rings. The van der Waals surface area contributed by atoms with Crippen LogP contribution in [0.3, 0.4) is 0 Å². The van der Waals surface area contributed by atoms with E-state index in [4.69, 9.17) is 4.74 Å².